The quantitative estimate of drug-likeness (QED) is 0.0924. The summed E-state index contributed by atoms with van der Waals surface area (Å²) in [5, 5.41) is 14.4. The molecule has 0 saturated carbocycles. The highest BCUT2D eigenvalue weighted by atomic mass is 35.6. The van der Waals surface area contributed by atoms with E-state index in [4.69, 9.17) is 81.9 Å². The van der Waals surface area contributed by atoms with Crippen molar-refractivity contribution < 1.29 is 76.1 Å². The van der Waals surface area contributed by atoms with E-state index in [-0.39, 0.29) is 19.1 Å². The molecule has 17 nitrogen and oxygen atoms in total. The maximum absolute atomic E-state index is 13.4. The molecule has 0 radical (unpaired) electrons. The van der Waals surface area contributed by atoms with Gasteiger partial charge in [0, 0.05) is 27.7 Å². The van der Waals surface area contributed by atoms with E-state index in [0.29, 0.717) is 0 Å². The molecule has 0 bridgehead atoms. The van der Waals surface area contributed by atoms with Gasteiger partial charge in [-0.25, -0.2) is 4.79 Å². The molecule has 2 aliphatic rings. The van der Waals surface area contributed by atoms with Crippen molar-refractivity contribution in [2.24, 2.45) is 5.92 Å². The van der Waals surface area contributed by atoms with Crippen LogP contribution >= 0.6 is 34.8 Å². The smallest absolute Gasteiger partial charge is 0.407 e. The average molecular weight is 917 g/mol. The number of ether oxygens (including phenoxy) is 9. The Hall–Kier alpha value is -2.78. The Bertz CT molecular complexity index is 1580. The van der Waals surface area contributed by atoms with Crippen LogP contribution in [0, 0.1) is 5.92 Å². The van der Waals surface area contributed by atoms with E-state index in [9.17, 15) is 29.1 Å². The van der Waals surface area contributed by atoms with Crippen LogP contribution in [0.4, 0.5) is 4.79 Å². The van der Waals surface area contributed by atoms with E-state index >= 15 is 0 Å². The predicted octanol–water partition coefficient (Wildman–Crippen LogP) is 4.88. The van der Waals surface area contributed by atoms with Gasteiger partial charge in [-0.15, -0.1) is 0 Å². The molecule has 0 aromatic heterocycles. The van der Waals surface area contributed by atoms with Crippen molar-refractivity contribution in [3.05, 3.63) is 35.9 Å². The number of carbonyl (C=O) groups is 5. The third kappa shape index (κ3) is 15.0. The van der Waals surface area contributed by atoms with E-state index in [0.717, 1.165) is 33.3 Å². The normalized spacial score (nSPS) is 27.6. The van der Waals surface area contributed by atoms with Crippen LogP contribution in [0.2, 0.25) is 18.1 Å². The largest absolute Gasteiger partial charge is 0.463 e. The Labute approximate surface area is 360 Å². The molecule has 1 aromatic carbocycles. The van der Waals surface area contributed by atoms with E-state index in [1.807, 2.05) is 71.1 Å². The number of halogens is 3. The molecule has 0 spiro atoms. The summed E-state index contributed by atoms with van der Waals surface area (Å²) in [7, 11) is -2.88. The highest BCUT2D eigenvalue weighted by Gasteiger charge is 2.57. The van der Waals surface area contributed by atoms with Gasteiger partial charge in [-0.1, -0.05) is 92.8 Å². The topological polar surface area (TPSA) is 210 Å². The molecule has 1 amide bonds. The Balaban J connectivity index is 2.20. The fourth-order valence-corrected chi connectivity index (χ4v) is 8.89. The molecule has 0 unspecified atom stereocenters. The Morgan fingerprint density at radius 1 is 0.780 bits per heavy atom. The van der Waals surface area contributed by atoms with Crippen LogP contribution < -0.4 is 5.32 Å². The fraction of sp³-hybridized carbons (Fsp3) is 0.711. The van der Waals surface area contributed by atoms with Gasteiger partial charge in [-0.05, 0) is 29.6 Å². The molecular weight excluding hydrogens is 861 g/mol. The van der Waals surface area contributed by atoms with Crippen LogP contribution in [0.15, 0.2) is 30.3 Å². The minimum Gasteiger partial charge on any atom is -0.463 e. The summed E-state index contributed by atoms with van der Waals surface area (Å²) in [6, 6.07) is 7.79. The van der Waals surface area contributed by atoms with Crippen molar-refractivity contribution >= 4 is 73.1 Å². The lowest BCUT2D eigenvalue weighted by Crippen LogP contribution is -2.70. The zero-order valence-corrected chi connectivity index (χ0v) is 38.0. The van der Waals surface area contributed by atoms with Gasteiger partial charge in [0.1, 0.15) is 43.7 Å². The first-order valence-corrected chi connectivity index (χ1v) is 23.0. The minimum atomic E-state index is -2.88. The molecule has 2 fully saturated rings. The summed E-state index contributed by atoms with van der Waals surface area (Å²) >= 11 is 17.6. The third-order valence-electron chi connectivity index (χ3n) is 10.4. The number of aliphatic hydroxyl groups excluding tert-OH is 1. The first kappa shape index (κ1) is 50.6. The molecule has 2 saturated heterocycles. The molecule has 10 atom stereocenters. The summed E-state index contributed by atoms with van der Waals surface area (Å²) in [6.45, 7) is 15.2. The summed E-state index contributed by atoms with van der Waals surface area (Å²) in [4.78, 5) is 62.8. The van der Waals surface area contributed by atoms with Gasteiger partial charge in [0.2, 0.25) is 3.79 Å². The van der Waals surface area contributed by atoms with Gasteiger partial charge in [0.15, 0.2) is 39.2 Å². The monoisotopic (exact) mass is 915 g/mol. The number of nitrogens with one attached hydrogen (secondary N) is 1. The van der Waals surface area contributed by atoms with Crippen LogP contribution in [0.5, 0.6) is 0 Å². The number of benzene rings is 1. The Kier molecular flexibility index (Phi) is 18.7. The van der Waals surface area contributed by atoms with E-state index in [2.05, 4.69) is 5.32 Å². The molecule has 2 heterocycles. The Morgan fingerprint density at radius 3 is 1.88 bits per heavy atom. The highest BCUT2D eigenvalue weighted by molar-refractivity contribution is 6.74. The zero-order chi connectivity index (χ0) is 44.5. The molecular formula is C38H56Cl3NO16Si. The number of rotatable bonds is 17. The predicted molar refractivity (Wildman–Crippen MR) is 214 cm³/mol. The van der Waals surface area contributed by atoms with Gasteiger partial charge in [-0.2, -0.15) is 0 Å². The lowest BCUT2D eigenvalue weighted by atomic mass is 9.95. The number of hydrogen-bond donors (Lipinski definition) is 2. The molecule has 334 valence electrons. The number of carbonyl (C=O) groups excluding carboxylic acids is 5. The fourth-order valence-electron chi connectivity index (χ4n) is 6.25. The molecule has 2 N–H and O–H groups in total. The standard InChI is InChI=1S/C38H56Cl3NO16Si/c1-20(2)37(7,8)59(9,10)58-34-28(42-36(48)51-19-38(39,40)41)31(29(47)26(55-34)17-49-16-25-14-12-11-13-15-25)57-35-33(54-24(6)46)32(53-23(5)45)30(52-22(4)44)27(56-35)18-50-21(3)43/h11-15,20,26-35,47H,16-19H2,1-10H3,(H,42,48)/t26-,27-,28-,29-,30+,31-,32+,33-,34+,35+/m1/s1. The second-order valence-corrected chi connectivity index (χ2v) is 22.6. The van der Waals surface area contributed by atoms with Crippen LogP contribution in [0.25, 0.3) is 0 Å². The maximum Gasteiger partial charge on any atom is 0.407 e. The van der Waals surface area contributed by atoms with Crippen LogP contribution in [-0.4, -0.2) is 128 Å². The zero-order valence-electron chi connectivity index (χ0n) is 34.8. The number of alkyl halides is 3. The van der Waals surface area contributed by atoms with Crippen molar-refractivity contribution in [1.82, 2.24) is 5.32 Å². The molecule has 59 heavy (non-hydrogen) atoms. The number of aliphatic hydroxyl groups is 1. The van der Waals surface area contributed by atoms with Crippen molar-refractivity contribution in [3.8, 4) is 0 Å². The molecule has 2 aliphatic heterocycles. The minimum absolute atomic E-state index is 0.119. The van der Waals surface area contributed by atoms with Crippen molar-refractivity contribution in [2.75, 3.05) is 19.8 Å². The molecule has 1 aromatic rings. The van der Waals surface area contributed by atoms with Crippen molar-refractivity contribution in [3.63, 3.8) is 0 Å². The lowest BCUT2D eigenvalue weighted by molar-refractivity contribution is -0.343. The van der Waals surface area contributed by atoms with Crippen molar-refractivity contribution in [1.29, 1.82) is 0 Å². The number of amides is 1. The van der Waals surface area contributed by atoms with E-state index in [1.165, 1.54) is 0 Å². The third-order valence-corrected chi connectivity index (χ3v) is 15.2. The number of esters is 4. The van der Waals surface area contributed by atoms with Gasteiger partial charge in [-0.3, -0.25) is 19.2 Å². The van der Waals surface area contributed by atoms with Gasteiger partial charge in [0.25, 0.3) is 0 Å². The first-order chi connectivity index (χ1) is 27.3. The van der Waals surface area contributed by atoms with E-state index in [1.54, 1.807) is 0 Å². The number of alkyl carbamates (subject to hydrolysis) is 1. The van der Waals surface area contributed by atoms with Crippen LogP contribution in [0.3, 0.4) is 0 Å². The van der Waals surface area contributed by atoms with Gasteiger partial charge in [0.05, 0.1) is 13.2 Å². The average Bonchev–Trinajstić information content (AvgIpc) is 3.11. The first-order valence-electron chi connectivity index (χ1n) is 18.9. The highest BCUT2D eigenvalue weighted by Crippen LogP contribution is 2.46. The molecule has 21 heteroatoms. The van der Waals surface area contributed by atoms with Crippen LogP contribution in [-0.2, 0) is 72.8 Å². The molecule has 0 aliphatic carbocycles. The van der Waals surface area contributed by atoms with E-state index < -0.39 is 122 Å². The van der Waals surface area contributed by atoms with Gasteiger partial charge < -0.3 is 57.5 Å². The van der Waals surface area contributed by atoms with Crippen molar-refractivity contribution in [2.45, 2.75) is 145 Å². The van der Waals surface area contributed by atoms with Gasteiger partial charge >= 0.3 is 30.0 Å². The second kappa shape index (κ2) is 21.8. The van der Waals surface area contributed by atoms with Crippen LogP contribution in [0.1, 0.15) is 61.0 Å². The summed E-state index contributed by atoms with van der Waals surface area (Å²) in [5.41, 5.74) is 0.833. The SMILES string of the molecule is CC(=O)OC[C@H]1O[C@@H](O[C@H]2[C@H](O)[C@@H](COCc3ccccc3)O[C@@H](O[Si](C)(C)C(C)(C)C(C)C)[C@@H]2NC(=O)OCC(Cl)(Cl)Cl)[C@H](OC(C)=O)[C@@H](OC(C)=O)[C@H]1OC(C)=O. The Morgan fingerprint density at radius 2 is 1.34 bits per heavy atom. The summed E-state index contributed by atoms with van der Waals surface area (Å²) < 4.78 is 57.1. The summed E-state index contributed by atoms with van der Waals surface area (Å²) in [6.07, 6.45) is -14.9. The lowest BCUT2D eigenvalue weighted by Gasteiger charge is -2.51. The second-order valence-electron chi connectivity index (χ2n) is 15.6. The summed E-state index contributed by atoms with van der Waals surface area (Å²) in [5.74, 6) is -3.21. The molecule has 3 rings (SSSR count). The maximum atomic E-state index is 13.4. The number of hydrogen-bond acceptors (Lipinski definition) is 16.